The summed E-state index contributed by atoms with van der Waals surface area (Å²) in [6.07, 6.45) is 28.7. The largest absolute Gasteiger partial charge is 0.437 e. The van der Waals surface area contributed by atoms with E-state index in [1.54, 1.807) is 0 Å². The number of rotatable bonds is 6. The van der Waals surface area contributed by atoms with Gasteiger partial charge in [-0.2, -0.15) is 0 Å². The second-order valence-corrected chi connectivity index (χ2v) is 34.1. The maximum atomic E-state index is 6.40. The van der Waals surface area contributed by atoms with Crippen molar-refractivity contribution in [2.75, 3.05) is 0 Å². The first kappa shape index (κ1) is 74.3. The standard InChI is InChI=1S/C28H27N2O.C27H25N2O.C26H25N2O.C24H21N2O/c1-18-12-14-23-26-22-11-7-6-10-20(22)16-29-28(26)31-27(23)25(18)24-15-13-21(17-30(24)2)19-8-4-3-5-9-19;1-17-11-13-22-25-21-10-6-5-9-19(21)15-28-27(25)30-26(22)24(17)23-14-12-20(16-29(23)2)18-7-3-4-8-18;1-16-10-12-20-23-19-9-7-6-8-17(19)14-27-25(23)29-24(20)22(16)21-13-11-18(15-28(21)5)26(2,3)4;1-14-9-10-19-22-18-8-6-5-7-17(18)12-25-24(22)27-23(19)21(14)20-11-15(2)16(3)13-26(20)4/h6-7,10-17,19H,3-5,8-9H2,1-2H3;5-6,9-16,18H,3-4,7-8H2,1-2H3;6-15H,1-5H3;5-13H,1-4H3/q4*+1. The van der Waals surface area contributed by atoms with Crippen LogP contribution < -0.4 is 18.3 Å². The van der Waals surface area contributed by atoms with Crippen molar-refractivity contribution in [2.24, 2.45) is 28.2 Å². The molecule has 12 nitrogen and oxygen atoms in total. The Kier molecular flexibility index (Phi) is 18.9. The number of benzene rings is 8. The van der Waals surface area contributed by atoms with Gasteiger partial charge >= 0.3 is 0 Å². The van der Waals surface area contributed by atoms with E-state index in [0.29, 0.717) is 34.7 Å². The lowest BCUT2D eigenvalue weighted by molar-refractivity contribution is -0.661. The number of furan rings is 4. The van der Waals surface area contributed by atoms with Crippen molar-refractivity contribution in [3.05, 3.63) is 288 Å². The van der Waals surface area contributed by atoms with E-state index in [1.165, 1.54) is 141 Å². The summed E-state index contributed by atoms with van der Waals surface area (Å²) in [5.41, 5.74) is 27.5. The van der Waals surface area contributed by atoms with Gasteiger partial charge in [0.1, 0.15) is 28.2 Å². The number of hydrogen-bond acceptors (Lipinski definition) is 8. The second-order valence-electron chi connectivity index (χ2n) is 34.1. The lowest BCUT2D eigenvalue weighted by Crippen LogP contribution is -2.33. The zero-order valence-electron chi connectivity index (χ0n) is 69.2. The van der Waals surface area contributed by atoms with Gasteiger partial charge in [0.15, 0.2) is 47.1 Å². The molecule has 2 saturated carbocycles. The number of aryl methyl sites for hydroxylation is 10. The summed E-state index contributed by atoms with van der Waals surface area (Å²) >= 11 is 0. The highest BCUT2D eigenvalue weighted by Crippen LogP contribution is 2.46. The molecule has 0 aliphatic heterocycles. The molecule has 578 valence electrons. The van der Waals surface area contributed by atoms with Gasteiger partial charge in [0.2, 0.25) is 45.6 Å². The molecule has 0 spiro atoms. The first-order valence-electron chi connectivity index (χ1n) is 41.6. The third kappa shape index (κ3) is 13.2. The Balaban J connectivity index is 0.000000104. The minimum Gasteiger partial charge on any atom is -0.437 e. The van der Waals surface area contributed by atoms with E-state index in [1.807, 2.05) is 36.9 Å². The summed E-state index contributed by atoms with van der Waals surface area (Å²) in [7, 11) is 8.52. The highest BCUT2D eigenvalue weighted by molar-refractivity contribution is 6.23. The molecule has 20 aromatic rings. The number of hydrogen-bond donors (Lipinski definition) is 0. The molecule has 2 fully saturated rings. The molecule has 0 bridgehead atoms. The molecular weight excluding hydrogens is 1440 g/mol. The van der Waals surface area contributed by atoms with Crippen LogP contribution in [0.25, 0.3) is 176 Å². The lowest BCUT2D eigenvalue weighted by Gasteiger charge is -2.21. The predicted molar refractivity (Wildman–Crippen MR) is 477 cm³/mol. The predicted octanol–water partition coefficient (Wildman–Crippen LogP) is 25.4. The molecule has 117 heavy (non-hydrogen) atoms. The average molecular weight is 1540 g/mol. The normalized spacial score (nSPS) is 13.6. The van der Waals surface area contributed by atoms with Crippen molar-refractivity contribution < 1.29 is 35.9 Å². The van der Waals surface area contributed by atoms with Crippen LogP contribution in [0.1, 0.15) is 140 Å². The summed E-state index contributed by atoms with van der Waals surface area (Å²) in [5.74, 6) is 1.41. The molecular formula is C105H98N8O4+4. The van der Waals surface area contributed by atoms with Crippen molar-refractivity contribution in [2.45, 2.75) is 137 Å². The maximum Gasteiger partial charge on any atom is 0.227 e. The first-order chi connectivity index (χ1) is 56.8. The zero-order valence-corrected chi connectivity index (χ0v) is 69.2. The number of nitrogens with zero attached hydrogens (tertiary/aromatic N) is 8. The summed E-state index contributed by atoms with van der Waals surface area (Å²) in [5, 5.41) is 18.2. The fraction of sp³-hybridized carbons (Fsp3) is 0.238. The Morgan fingerprint density at radius 1 is 0.291 bits per heavy atom. The van der Waals surface area contributed by atoms with Gasteiger partial charge in [-0.05, 0) is 152 Å². The van der Waals surface area contributed by atoms with Crippen LogP contribution in [0.5, 0.6) is 0 Å². The summed E-state index contributed by atoms with van der Waals surface area (Å²) in [6, 6.07) is 66.9. The summed E-state index contributed by atoms with van der Waals surface area (Å²) < 4.78 is 34.4. The Hall–Kier alpha value is -12.8. The average Bonchev–Trinajstić information content (AvgIpc) is 1.60. The maximum absolute atomic E-state index is 6.40. The molecule has 22 rings (SSSR count). The smallest absolute Gasteiger partial charge is 0.227 e. The van der Waals surface area contributed by atoms with Crippen molar-refractivity contribution in [3.8, 4) is 45.0 Å². The van der Waals surface area contributed by atoms with Crippen LogP contribution in [0.2, 0.25) is 0 Å². The third-order valence-electron chi connectivity index (χ3n) is 25.4. The van der Waals surface area contributed by atoms with Crippen molar-refractivity contribution in [3.63, 3.8) is 0 Å². The van der Waals surface area contributed by atoms with Crippen LogP contribution in [-0.4, -0.2) is 19.9 Å². The summed E-state index contributed by atoms with van der Waals surface area (Å²) in [6.45, 7) is 19.6. The van der Waals surface area contributed by atoms with Crippen LogP contribution in [0.15, 0.2) is 255 Å². The molecule has 0 amide bonds. The van der Waals surface area contributed by atoms with Crippen molar-refractivity contribution in [1.82, 2.24) is 19.9 Å². The van der Waals surface area contributed by atoms with Gasteiger partial charge in [-0.1, -0.05) is 198 Å². The van der Waals surface area contributed by atoms with Crippen LogP contribution in [0.3, 0.4) is 0 Å². The zero-order chi connectivity index (χ0) is 80.2. The first-order valence-corrected chi connectivity index (χ1v) is 41.6. The van der Waals surface area contributed by atoms with Crippen LogP contribution >= 0.6 is 0 Å². The number of pyridine rings is 8. The fourth-order valence-electron chi connectivity index (χ4n) is 18.9. The van der Waals surface area contributed by atoms with Gasteiger partial charge in [0.25, 0.3) is 0 Å². The lowest BCUT2D eigenvalue weighted by atomic mass is 9.84. The SMILES string of the molecule is Cc1cc(-c2c(C)ccc3c2oc2ncc4ccccc4c23)[n+](C)cc1C.Cc1ccc2c(oc3ncc4ccccc4c32)c1-c1ccc(C(C)(C)C)c[n+]1C.Cc1ccc2c(oc3ncc4ccccc4c32)c1-c1ccc(C2CCCC2)c[n+]1C.Cc1ccc2c(oc3ncc4ccccc4c32)c1-c1ccc(C2CCCCC2)c[n+]1C. The van der Waals surface area contributed by atoms with E-state index >= 15 is 0 Å². The van der Waals surface area contributed by atoms with E-state index in [4.69, 9.17) is 17.7 Å². The third-order valence-corrected chi connectivity index (χ3v) is 25.4. The molecule has 0 N–H and O–H groups in total. The van der Waals surface area contributed by atoms with Crippen LogP contribution in [0, 0.1) is 41.5 Å². The van der Waals surface area contributed by atoms with Crippen molar-refractivity contribution in [1.29, 1.82) is 0 Å². The van der Waals surface area contributed by atoms with Crippen LogP contribution in [-0.2, 0) is 33.6 Å². The molecule has 2 aliphatic rings. The molecule has 0 radical (unpaired) electrons. The monoisotopic (exact) mass is 1530 g/mol. The van der Waals surface area contributed by atoms with E-state index in [-0.39, 0.29) is 5.41 Å². The van der Waals surface area contributed by atoms with Gasteiger partial charge in [0, 0.05) is 114 Å². The van der Waals surface area contributed by atoms with Crippen molar-refractivity contribution >= 4 is 131 Å². The molecule has 0 saturated heterocycles. The minimum absolute atomic E-state index is 0.111. The summed E-state index contributed by atoms with van der Waals surface area (Å²) in [4.78, 5) is 18.5. The molecule has 0 unspecified atom stereocenters. The van der Waals surface area contributed by atoms with E-state index in [0.717, 1.165) is 121 Å². The topological polar surface area (TPSA) is 120 Å². The Morgan fingerprint density at radius 2 is 0.590 bits per heavy atom. The van der Waals surface area contributed by atoms with Gasteiger partial charge < -0.3 is 17.7 Å². The molecule has 12 heteroatoms. The number of aromatic nitrogens is 8. The van der Waals surface area contributed by atoms with Gasteiger partial charge in [-0.15, -0.1) is 0 Å². The van der Waals surface area contributed by atoms with Crippen LogP contribution in [0.4, 0.5) is 0 Å². The molecule has 12 heterocycles. The van der Waals surface area contributed by atoms with E-state index < -0.39 is 0 Å². The van der Waals surface area contributed by atoms with E-state index in [2.05, 4.69) is 329 Å². The van der Waals surface area contributed by atoms with E-state index in [9.17, 15) is 0 Å². The highest BCUT2D eigenvalue weighted by Gasteiger charge is 2.31. The highest BCUT2D eigenvalue weighted by atomic mass is 16.4. The molecule has 12 aromatic heterocycles. The molecule has 0 atom stereocenters. The van der Waals surface area contributed by atoms with Gasteiger partial charge in [0.05, 0.1) is 43.8 Å². The second kappa shape index (κ2) is 29.8. The Bertz CT molecular complexity index is 7380. The quantitative estimate of drug-likeness (QED) is 0.151. The van der Waals surface area contributed by atoms with Gasteiger partial charge in [-0.3, -0.25) is 0 Å². The number of fused-ring (bicyclic) bond motifs is 20. The molecule has 8 aromatic carbocycles. The molecule has 2 aliphatic carbocycles. The Labute approximate surface area is 681 Å². The minimum atomic E-state index is 0.111. The Morgan fingerprint density at radius 3 is 0.915 bits per heavy atom. The van der Waals surface area contributed by atoms with Gasteiger partial charge in [-0.25, -0.2) is 38.2 Å². The fourth-order valence-corrected chi connectivity index (χ4v) is 18.9.